The molecule has 0 spiro atoms. The molecule has 0 amide bonds. The minimum Gasteiger partial charge on any atom is -0.380 e. The van der Waals surface area contributed by atoms with Crippen molar-refractivity contribution >= 4 is 15.8 Å². The first-order valence-corrected chi connectivity index (χ1v) is 7.23. The van der Waals surface area contributed by atoms with Crippen molar-refractivity contribution < 1.29 is 12.9 Å². The third-order valence-electron chi connectivity index (χ3n) is 3.03. The summed E-state index contributed by atoms with van der Waals surface area (Å²) in [4.78, 5) is -0.0249. The zero-order valence-electron chi connectivity index (χ0n) is 9.77. The van der Waals surface area contributed by atoms with Crippen molar-refractivity contribution in [2.45, 2.75) is 50.0 Å². The van der Waals surface area contributed by atoms with Crippen molar-refractivity contribution in [2.24, 2.45) is 0 Å². The van der Waals surface area contributed by atoms with Gasteiger partial charge in [-0.2, -0.15) is 0 Å². The first-order chi connectivity index (χ1) is 8.00. The van der Waals surface area contributed by atoms with E-state index in [1.165, 1.54) is 6.42 Å². The Kier molecular flexibility index (Phi) is 3.39. The number of aromatic nitrogens is 1. The number of nitrogens with two attached hydrogens (primary N) is 1. The molecule has 1 aromatic heterocycles. The van der Waals surface area contributed by atoms with Crippen LogP contribution in [0, 0.1) is 6.92 Å². The van der Waals surface area contributed by atoms with Gasteiger partial charge in [-0.3, -0.25) is 0 Å². The molecule has 1 aliphatic carbocycles. The standard InChI is InChI=1S/C10H17N3O3S/c1-7-9(10(11)12-16-7)17(14,15)13-8-5-3-2-4-6-8/h8,13H,2-6H2,1H3,(H2,11,12). The molecule has 0 aliphatic heterocycles. The highest BCUT2D eigenvalue weighted by Crippen LogP contribution is 2.24. The Morgan fingerprint density at radius 1 is 1.35 bits per heavy atom. The van der Waals surface area contributed by atoms with Crippen LogP contribution in [0.4, 0.5) is 5.82 Å². The van der Waals surface area contributed by atoms with Gasteiger partial charge in [0.05, 0.1) is 0 Å². The Morgan fingerprint density at radius 3 is 2.53 bits per heavy atom. The number of aryl methyl sites for hydroxylation is 1. The molecule has 0 aromatic carbocycles. The SMILES string of the molecule is Cc1onc(N)c1S(=O)(=O)NC1CCCCC1. The van der Waals surface area contributed by atoms with Crippen molar-refractivity contribution in [3.63, 3.8) is 0 Å². The lowest BCUT2D eigenvalue weighted by molar-refractivity contribution is 0.395. The van der Waals surface area contributed by atoms with E-state index in [1.807, 2.05) is 0 Å². The summed E-state index contributed by atoms with van der Waals surface area (Å²) in [5.41, 5.74) is 5.51. The number of sulfonamides is 1. The number of nitrogens with zero attached hydrogens (tertiary/aromatic N) is 1. The zero-order valence-corrected chi connectivity index (χ0v) is 10.6. The van der Waals surface area contributed by atoms with E-state index in [0.29, 0.717) is 0 Å². The quantitative estimate of drug-likeness (QED) is 0.849. The molecule has 1 aromatic rings. The maximum Gasteiger partial charge on any atom is 0.248 e. The smallest absolute Gasteiger partial charge is 0.248 e. The summed E-state index contributed by atoms with van der Waals surface area (Å²) in [6.45, 7) is 1.54. The van der Waals surface area contributed by atoms with Gasteiger partial charge in [-0.25, -0.2) is 13.1 Å². The predicted molar refractivity (Wildman–Crippen MR) is 62.8 cm³/mol. The molecule has 6 nitrogen and oxygen atoms in total. The average Bonchev–Trinajstić information content (AvgIpc) is 2.59. The lowest BCUT2D eigenvalue weighted by Crippen LogP contribution is -2.36. The number of hydrogen-bond acceptors (Lipinski definition) is 5. The van der Waals surface area contributed by atoms with E-state index in [1.54, 1.807) is 6.92 Å². The molecule has 3 N–H and O–H groups in total. The molecule has 2 rings (SSSR count). The topological polar surface area (TPSA) is 98.2 Å². The summed E-state index contributed by atoms with van der Waals surface area (Å²) < 4.78 is 31.7. The molecular formula is C10H17N3O3S. The van der Waals surface area contributed by atoms with Gasteiger partial charge in [0.2, 0.25) is 10.0 Å². The summed E-state index contributed by atoms with van der Waals surface area (Å²) in [7, 11) is -3.61. The third kappa shape index (κ3) is 2.61. The molecule has 0 unspecified atom stereocenters. The molecule has 0 atom stereocenters. The second kappa shape index (κ2) is 4.66. The molecule has 0 radical (unpaired) electrons. The lowest BCUT2D eigenvalue weighted by atomic mass is 9.96. The van der Waals surface area contributed by atoms with Gasteiger partial charge in [-0.1, -0.05) is 24.4 Å². The molecule has 1 heterocycles. The Labute approximate surface area is 101 Å². The number of nitrogen functional groups attached to an aromatic ring is 1. The zero-order chi connectivity index (χ0) is 12.5. The Bertz CT molecular complexity index is 469. The fourth-order valence-electron chi connectivity index (χ4n) is 2.21. The summed E-state index contributed by atoms with van der Waals surface area (Å²) in [6.07, 6.45) is 5.05. The van der Waals surface area contributed by atoms with Gasteiger partial charge in [-0.05, 0) is 19.8 Å². The highest BCUT2D eigenvalue weighted by atomic mass is 32.2. The first-order valence-electron chi connectivity index (χ1n) is 5.75. The normalized spacial score (nSPS) is 18.4. The Balaban J connectivity index is 2.19. The van der Waals surface area contributed by atoms with Crippen LogP contribution in [0.5, 0.6) is 0 Å². The molecule has 1 aliphatic rings. The lowest BCUT2D eigenvalue weighted by Gasteiger charge is -2.22. The van der Waals surface area contributed by atoms with E-state index in [-0.39, 0.29) is 22.5 Å². The van der Waals surface area contributed by atoms with E-state index < -0.39 is 10.0 Å². The van der Waals surface area contributed by atoms with Crippen LogP contribution in [0.25, 0.3) is 0 Å². The third-order valence-corrected chi connectivity index (χ3v) is 4.71. The fourth-order valence-corrected chi connectivity index (χ4v) is 3.73. The number of rotatable bonds is 3. The van der Waals surface area contributed by atoms with Crippen molar-refractivity contribution in [3.05, 3.63) is 5.76 Å². The van der Waals surface area contributed by atoms with Crippen LogP contribution in [-0.4, -0.2) is 19.6 Å². The Hall–Kier alpha value is -1.08. The van der Waals surface area contributed by atoms with E-state index in [4.69, 9.17) is 10.3 Å². The predicted octanol–water partition coefficient (Wildman–Crippen LogP) is 1.18. The van der Waals surface area contributed by atoms with Crippen molar-refractivity contribution in [2.75, 3.05) is 5.73 Å². The van der Waals surface area contributed by atoms with Gasteiger partial charge >= 0.3 is 0 Å². The monoisotopic (exact) mass is 259 g/mol. The number of nitrogens with one attached hydrogen (secondary N) is 1. The maximum atomic E-state index is 12.1. The summed E-state index contributed by atoms with van der Waals surface area (Å²) in [6, 6.07) is 0.00227. The van der Waals surface area contributed by atoms with Gasteiger partial charge in [0.15, 0.2) is 16.5 Å². The Morgan fingerprint density at radius 2 is 2.00 bits per heavy atom. The second-order valence-electron chi connectivity index (χ2n) is 4.41. The van der Waals surface area contributed by atoms with E-state index >= 15 is 0 Å². The van der Waals surface area contributed by atoms with E-state index in [9.17, 15) is 8.42 Å². The second-order valence-corrected chi connectivity index (χ2v) is 6.06. The van der Waals surface area contributed by atoms with Crippen LogP contribution in [-0.2, 0) is 10.0 Å². The molecule has 0 saturated heterocycles. The van der Waals surface area contributed by atoms with Crippen LogP contribution in [0.3, 0.4) is 0 Å². The van der Waals surface area contributed by atoms with Gasteiger partial charge < -0.3 is 10.3 Å². The molecule has 7 heteroatoms. The summed E-state index contributed by atoms with van der Waals surface area (Å²) in [5, 5.41) is 3.46. The molecule has 1 saturated carbocycles. The minimum atomic E-state index is -3.61. The minimum absolute atomic E-state index is 0.00227. The van der Waals surface area contributed by atoms with Crippen LogP contribution in [0.15, 0.2) is 9.42 Å². The van der Waals surface area contributed by atoms with Gasteiger partial charge in [0, 0.05) is 6.04 Å². The van der Waals surface area contributed by atoms with Crippen LogP contribution < -0.4 is 10.5 Å². The molecular weight excluding hydrogens is 242 g/mol. The molecule has 0 bridgehead atoms. The van der Waals surface area contributed by atoms with Crippen LogP contribution >= 0.6 is 0 Å². The first kappa shape index (κ1) is 12.4. The highest BCUT2D eigenvalue weighted by Gasteiger charge is 2.28. The number of anilines is 1. The fraction of sp³-hybridized carbons (Fsp3) is 0.700. The number of hydrogen-bond donors (Lipinski definition) is 2. The van der Waals surface area contributed by atoms with Crippen LogP contribution in [0.2, 0.25) is 0 Å². The van der Waals surface area contributed by atoms with E-state index in [0.717, 1.165) is 25.7 Å². The van der Waals surface area contributed by atoms with Gasteiger partial charge in [0.1, 0.15) is 0 Å². The average molecular weight is 259 g/mol. The van der Waals surface area contributed by atoms with Crippen molar-refractivity contribution in [3.8, 4) is 0 Å². The summed E-state index contributed by atoms with van der Waals surface area (Å²) >= 11 is 0. The maximum absolute atomic E-state index is 12.1. The van der Waals surface area contributed by atoms with Crippen molar-refractivity contribution in [1.82, 2.24) is 9.88 Å². The molecule has 1 fully saturated rings. The van der Waals surface area contributed by atoms with E-state index in [2.05, 4.69) is 9.88 Å². The largest absolute Gasteiger partial charge is 0.380 e. The van der Waals surface area contributed by atoms with Gasteiger partial charge in [-0.15, -0.1) is 0 Å². The molecule has 17 heavy (non-hydrogen) atoms. The highest BCUT2D eigenvalue weighted by molar-refractivity contribution is 7.89. The van der Waals surface area contributed by atoms with Crippen molar-refractivity contribution in [1.29, 1.82) is 0 Å². The van der Waals surface area contributed by atoms with Crippen LogP contribution in [0.1, 0.15) is 37.9 Å². The van der Waals surface area contributed by atoms with Gasteiger partial charge in [0.25, 0.3) is 0 Å². The molecule has 96 valence electrons. The summed E-state index contributed by atoms with van der Waals surface area (Å²) in [5.74, 6) is 0.150.